The van der Waals surface area contributed by atoms with Crippen molar-refractivity contribution in [3.8, 4) is 11.5 Å². The number of aryl methyl sites for hydroxylation is 2. The van der Waals surface area contributed by atoms with Crippen LogP contribution in [0.25, 0.3) is 0 Å². The number of carbonyl (C=O) groups is 1. The molecule has 0 aliphatic carbocycles. The average Bonchev–Trinajstić information content (AvgIpc) is 2.57. The predicted octanol–water partition coefficient (Wildman–Crippen LogP) is 6.58. The zero-order valence-corrected chi connectivity index (χ0v) is 19.0. The molecule has 0 radical (unpaired) electrons. The van der Waals surface area contributed by atoms with E-state index in [4.69, 9.17) is 4.74 Å². The Bertz CT molecular complexity index is 924. The molecule has 2 rings (SSSR count). The number of carbonyl (C=O) groups excluding carboxylic acids is 1. The summed E-state index contributed by atoms with van der Waals surface area (Å²) in [6, 6.07) is 9.79. The number of hydrogen-bond donors (Lipinski definition) is 1. The number of phenolic OH excluding ortho intramolecular Hbond substituents is 1. The SMILES string of the molecule is C=CC(=O)Oc1c(C(c2cc(C)ccc2O)C(C)(C)C)cc(C)cc1C(C)(C)C. The molecule has 0 bridgehead atoms. The second-order valence-corrected chi connectivity index (χ2v) is 9.97. The van der Waals surface area contributed by atoms with Gasteiger partial charge in [-0.1, -0.05) is 83.5 Å². The number of benzene rings is 2. The van der Waals surface area contributed by atoms with E-state index in [0.717, 1.165) is 27.8 Å². The number of phenols is 1. The van der Waals surface area contributed by atoms with Crippen molar-refractivity contribution in [1.82, 2.24) is 0 Å². The first-order chi connectivity index (χ1) is 13.3. The van der Waals surface area contributed by atoms with Gasteiger partial charge in [0.2, 0.25) is 0 Å². The monoisotopic (exact) mass is 394 g/mol. The Balaban J connectivity index is 2.93. The van der Waals surface area contributed by atoms with E-state index in [1.165, 1.54) is 6.08 Å². The molecule has 0 aromatic heterocycles. The first-order valence-electron chi connectivity index (χ1n) is 10.0. The molecular weight excluding hydrogens is 360 g/mol. The third-order valence-corrected chi connectivity index (χ3v) is 5.11. The standard InChI is InChI=1S/C26H34O3/c1-10-22(28)29-24-19(14-17(3)15-20(24)25(4,5)6)23(26(7,8)9)18-13-16(2)11-12-21(18)27/h10-15,23,27H,1H2,2-9H3. The van der Waals surface area contributed by atoms with Gasteiger partial charge >= 0.3 is 5.97 Å². The Morgan fingerprint density at radius 1 is 1.00 bits per heavy atom. The van der Waals surface area contributed by atoms with Crippen LogP contribution in [0.3, 0.4) is 0 Å². The summed E-state index contributed by atoms with van der Waals surface area (Å²) in [6.45, 7) is 20.3. The lowest BCUT2D eigenvalue weighted by atomic mass is 9.70. The molecule has 2 aromatic rings. The summed E-state index contributed by atoms with van der Waals surface area (Å²) in [4.78, 5) is 12.2. The smallest absolute Gasteiger partial charge is 0.335 e. The summed E-state index contributed by atoms with van der Waals surface area (Å²) in [5.41, 5.74) is 4.39. The number of aromatic hydroxyl groups is 1. The third-order valence-electron chi connectivity index (χ3n) is 5.11. The highest BCUT2D eigenvalue weighted by Gasteiger charge is 2.35. The Morgan fingerprint density at radius 3 is 2.10 bits per heavy atom. The fourth-order valence-corrected chi connectivity index (χ4v) is 3.83. The highest BCUT2D eigenvalue weighted by atomic mass is 16.5. The van der Waals surface area contributed by atoms with Gasteiger partial charge in [-0.25, -0.2) is 4.79 Å². The van der Waals surface area contributed by atoms with Crippen LogP contribution in [-0.2, 0) is 10.2 Å². The van der Waals surface area contributed by atoms with Crippen LogP contribution in [0.15, 0.2) is 43.0 Å². The molecule has 1 unspecified atom stereocenters. The quantitative estimate of drug-likeness (QED) is 0.362. The van der Waals surface area contributed by atoms with Crippen LogP contribution < -0.4 is 4.74 Å². The van der Waals surface area contributed by atoms with Crippen LogP contribution in [-0.4, -0.2) is 11.1 Å². The highest BCUT2D eigenvalue weighted by molar-refractivity contribution is 5.84. The largest absolute Gasteiger partial charge is 0.508 e. The molecular formula is C26H34O3. The lowest BCUT2D eigenvalue weighted by molar-refractivity contribution is -0.129. The fraction of sp³-hybridized carbons (Fsp3) is 0.423. The first-order valence-corrected chi connectivity index (χ1v) is 10.0. The molecule has 156 valence electrons. The van der Waals surface area contributed by atoms with Gasteiger partial charge in [0.1, 0.15) is 11.5 Å². The topological polar surface area (TPSA) is 46.5 Å². The normalized spacial score (nSPS) is 13.1. The van der Waals surface area contributed by atoms with E-state index in [2.05, 4.69) is 60.3 Å². The fourth-order valence-electron chi connectivity index (χ4n) is 3.83. The van der Waals surface area contributed by atoms with E-state index >= 15 is 0 Å². The van der Waals surface area contributed by atoms with Crippen molar-refractivity contribution in [2.75, 3.05) is 0 Å². The van der Waals surface area contributed by atoms with Crippen molar-refractivity contribution < 1.29 is 14.6 Å². The minimum absolute atomic E-state index is 0.170. The number of esters is 1. The van der Waals surface area contributed by atoms with E-state index in [9.17, 15) is 9.90 Å². The summed E-state index contributed by atoms with van der Waals surface area (Å²) < 4.78 is 5.84. The Labute approximate surface area is 175 Å². The van der Waals surface area contributed by atoms with Gasteiger partial charge in [0.25, 0.3) is 0 Å². The van der Waals surface area contributed by atoms with Crippen LogP contribution in [0.5, 0.6) is 11.5 Å². The summed E-state index contributed by atoms with van der Waals surface area (Å²) in [5.74, 6) is 0.155. The van der Waals surface area contributed by atoms with Gasteiger partial charge in [-0.3, -0.25) is 0 Å². The maximum Gasteiger partial charge on any atom is 0.335 e. The molecule has 0 saturated carbocycles. The van der Waals surface area contributed by atoms with Crippen LogP contribution in [0.1, 0.15) is 75.3 Å². The molecule has 3 nitrogen and oxygen atoms in total. The molecule has 3 heteroatoms. The van der Waals surface area contributed by atoms with Crippen molar-refractivity contribution >= 4 is 5.97 Å². The number of rotatable bonds is 4. The van der Waals surface area contributed by atoms with E-state index in [1.807, 2.05) is 26.0 Å². The molecule has 0 saturated heterocycles. The summed E-state index contributed by atoms with van der Waals surface area (Å²) in [7, 11) is 0. The molecule has 1 N–H and O–H groups in total. The molecule has 0 aliphatic heterocycles. The minimum Gasteiger partial charge on any atom is -0.508 e. The predicted molar refractivity (Wildman–Crippen MR) is 120 cm³/mol. The summed E-state index contributed by atoms with van der Waals surface area (Å²) >= 11 is 0. The zero-order valence-electron chi connectivity index (χ0n) is 19.0. The molecule has 0 spiro atoms. The van der Waals surface area contributed by atoms with Crippen molar-refractivity contribution in [2.45, 2.75) is 66.7 Å². The van der Waals surface area contributed by atoms with Crippen molar-refractivity contribution in [3.05, 3.63) is 70.8 Å². The van der Waals surface area contributed by atoms with E-state index < -0.39 is 5.97 Å². The van der Waals surface area contributed by atoms with E-state index in [0.29, 0.717) is 5.75 Å². The zero-order chi connectivity index (χ0) is 22.1. The van der Waals surface area contributed by atoms with Crippen LogP contribution in [0.4, 0.5) is 0 Å². The van der Waals surface area contributed by atoms with E-state index in [-0.39, 0.29) is 22.5 Å². The maximum atomic E-state index is 12.2. The van der Waals surface area contributed by atoms with Gasteiger partial charge in [-0.2, -0.15) is 0 Å². The van der Waals surface area contributed by atoms with Gasteiger partial charge in [0.05, 0.1) is 0 Å². The summed E-state index contributed by atoms with van der Waals surface area (Å²) in [6.07, 6.45) is 1.19. The van der Waals surface area contributed by atoms with Crippen molar-refractivity contribution in [3.63, 3.8) is 0 Å². The Hall–Kier alpha value is -2.55. The van der Waals surface area contributed by atoms with Crippen LogP contribution in [0, 0.1) is 19.3 Å². The second-order valence-electron chi connectivity index (χ2n) is 9.97. The highest BCUT2D eigenvalue weighted by Crippen LogP contribution is 2.49. The number of hydrogen-bond acceptors (Lipinski definition) is 3. The van der Waals surface area contributed by atoms with E-state index in [1.54, 1.807) is 6.07 Å². The minimum atomic E-state index is -0.485. The Kier molecular flexibility index (Phi) is 6.32. The lowest BCUT2D eigenvalue weighted by Gasteiger charge is -2.35. The third kappa shape index (κ3) is 5.09. The molecule has 0 fully saturated rings. The van der Waals surface area contributed by atoms with Crippen LogP contribution in [0.2, 0.25) is 0 Å². The molecule has 29 heavy (non-hydrogen) atoms. The maximum absolute atomic E-state index is 12.2. The first kappa shape index (κ1) is 22.7. The second kappa shape index (κ2) is 8.06. The Morgan fingerprint density at radius 2 is 1.59 bits per heavy atom. The van der Waals surface area contributed by atoms with Gasteiger partial charge in [-0.15, -0.1) is 0 Å². The van der Waals surface area contributed by atoms with Gasteiger partial charge < -0.3 is 9.84 Å². The molecule has 2 aromatic carbocycles. The van der Waals surface area contributed by atoms with Crippen LogP contribution >= 0.6 is 0 Å². The van der Waals surface area contributed by atoms with Gasteiger partial charge in [0, 0.05) is 28.7 Å². The number of ether oxygens (including phenoxy) is 1. The molecule has 0 heterocycles. The van der Waals surface area contributed by atoms with Crippen molar-refractivity contribution in [2.24, 2.45) is 5.41 Å². The van der Waals surface area contributed by atoms with Gasteiger partial charge in [0.15, 0.2) is 0 Å². The molecule has 0 aliphatic rings. The van der Waals surface area contributed by atoms with Crippen molar-refractivity contribution in [1.29, 1.82) is 0 Å². The molecule has 0 amide bonds. The average molecular weight is 395 g/mol. The van der Waals surface area contributed by atoms with Gasteiger partial charge in [-0.05, 0) is 30.7 Å². The summed E-state index contributed by atoms with van der Waals surface area (Å²) in [5, 5.41) is 10.7. The lowest BCUT2D eigenvalue weighted by Crippen LogP contribution is -2.24. The molecule has 1 atom stereocenters.